The van der Waals surface area contributed by atoms with E-state index in [0.717, 1.165) is 10.8 Å². The van der Waals surface area contributed by atoms with Crippen molar-refractivity contribution in [2.45, 2.75) is 5.72 Å². The lowest BCUT2D eigenvalue weighted by Gasteiger charge is -2.28. The summed E-state index contributed by atoms with van der Waals surface area (Å²) in [5.41, 5.74) is 0.0105. The normalized spacial score (nSPS) is 18.3. The molecule has 1 unspecified atom stereocenters. The van der Waals surface area contributed by atoms with Crippen molar-refractivity contribution >= 4 is 28.7 Å². The molecule has 0 radical (unpaired) electrons. The molecule has 8 nitrogen and oxygen atoms in total. The maximum Gasteiger partial charge on any atom is 0.279 e. The van der Waals surface area contributed by atoms with E-state index in [9.17, 15) is 5.11 Å². The van der Waals surface area contributed by atoms with E-state index in [2.05, 4.69) is 10.4 Å². The van der Waals surface area contributed by atoms with Crippen molar-refractivity contribution in [1.82, 2.24) is 5.32 Å². The Kier molecular flexibility index (Phi) is 5.31. The van der Waals surface area contributed by atoms with Gasteiger partial charge in [-0.3, -0.25) is 0 Å². The maximum atomic E-state index is 11.3. The van der Waals surface area contributed by atoms with Crippen molar-refractivity contribution < 1.29 is 38.7 Å². The molecule has 0 saturated heterocycles. The minimum absolute atomic E-state index is 0.627. The highest BCUT2D eigenvalue weighted by Crippen LogP contribution is 2.31. The number of nitrogens with zero attached hydrogens (tertiary/aromatic N) is 2. The summed E-state index contributed by atoms with van der Waals surface area (Å²) in [6.45, 7) is 0. The van der Waals surface area contributed by atoms with Gasteiger partial charge in [0.2, 0.25) is 6.20 Å². The number of hydrogen-bond acceptors (Lipinski definition) is 7. The van der Waals surface area contributed by atoms with E-state index < -0.39 is 16.0 Å². The predicted octanol–water partition coefficient (Wildman–Crippen LogP) is -2.39. The number of aromatic nitrogens is 1. The fraction of sp³-hybridized carbons (Fsp3) is 0.0588. The Morgan fingerprint density at radius 2 is 1.63 bits per heavy atom. The van der Waals surface area contributed by atoms with Gasteiger partial charge < -0.3 is 10.4 Å². The topological polar surface area (TPSA) is 141 Å². The van der Waals surface area contributed by atoms with Gasteiger partial charge in [0.25, 0.3) is 11.4 Å². The van der Waals surface area contributed by atoms with Crippen LogP contribution in [0, 0.1) is 10.2 Å². The molecule has 1 aliphatic heterocycles. The van der Waals surface area contributed by atoms with Crippen LogP contribution in [0.5, 0.6) is 0 Å². The Labute approximate surface area is 160 Å². The Morgan fingerprint density at radius 3 is 2.30 bits per heavy atom. The van der Waals surface area contributed by atoms with Crippen LogP contribution in [0.3, 0.4) is 0 Å². The van der Waals surface area contributed by atoms with Gasteiger partial charge in [-0.25, -0.2) is 18.6 Å². The Morgan fingerprint density at radius 1 is 1.00 bits per heavy atom. The lowest BCUT2D eigenvalue weighted by atomic mass is 9.94. The monoisotopic (exact) mass is 409 g/mol. The molecule has 0 fully saturated rings. The van der Waals surface area contributed by atoms with Gasteiger partial charge in [0.05, 0.1) is 5.39 Å². The Balaban J connectivity index is 0.000000376. The third kappa shape index (κ3) is 4.34. The van der Waals surface area contributed by atoms with E-state index in [1.807, 2.05) is 36.5 Å². The summed E-state index contributed by atoms with van der Waals surface area (Å²) in [6, 6.07) is 17.0. The van der Waals surface area contributed by atoms with Crippen LogP contribution in [0.4, 0.5) is 0 Å². The standard InChI is InChI=1S/C17H13ClN3O.ClHO4/c18-14-7-5-13(6-8-14)17(22)16-15-4-2-1-3-12(15)9-10-21(16)20-11-19-17;2-1(3,4)5/h1-11,22H,(H,19,20);(H,2,3,4,5)/q+1;/p-1. The summed E-state index contributed by atoms with van der Waals surface area (Å²) in [4.78, 5) is 0. The lowest BCUT2D eigenvalue weighted by Crippen LogP contribution is -2.68. The second kappa shape index (κ2) is 7.37. The zero-order valence-corrected chi connectivity index (χ0v) is 15.1. The zero-order chi connectivity index (χ0) is 19.7. The van der Waals surface area contributed by atoms with Crippen LogP contribution in [0.1, 0.15) is 11.3 Å². The summed E-state index contributed by atoms with van der Waals surface area (Å²) >= 11 is 5.96. The quantitative estimate of drug-likeness (QED) is 0.429. The molecule has 0 amide bonds. The largest absolute Gasteiger partial charge is 0.359 e. The van der Waals surface area contributed by atoms with Crippen LogP contribution < -0.4 is 28.6 Å². The van der Waals surface area contributed by atoms with Crippen molar-refractivity contribution in [3.05, 3.63) is 77.1 Å². The number of halogens is 2. The van der Waals surface area contributed by atoms with E-state index in [1.165, 1.54) is 6.34 Å². The first-order valence-corrected chi connectivity index (χ1v) is 9.14. The molecule has 140 valence electrons. The highest BCUT2D eigenvalue weighted by molar-refractivity contribution is 6.30. The predicted molar refractivity (Wildman–Crippen MR) is 85.6 cm³/mol. The summed E-state index contributed by atoms with van der Waals surface area (Å²) in [7, 11) is -4.94. The van der Waals surface area contributed by atoms with E-state index >= 15 is 0 Å². The molecule has 27 heavy (non-hydrogen) atoms. The Hall–Kier alpha value is -2.30. The van der Waals surface area contributed by atoms with Crippen molar-refractivity contribution in [1.29, 1.82) is 0 Å². The molecule has 2 aromatic carbocycles. The molecule has 0 bridgehead atoms. The van der Waals surface area contributed by atoms with E-state index in [-0.39, 0.29) is 0 Å². The molecule has 2 heterocycles. The third-order valence-electron chi connectivity index (χ3n) is 3.90. The second-order valence-electron chi connectivity index (χ2n) is 5.58. The summed E-state index contributed by atoms with van der Waals surface area (Å²) in [6.07, 6.45) is 3.34. The third-order valence-corrected chi connectivity index (χ3v) is 4.15. The smallest absolute Gasteiger partial charge is 0.279 e. The fourth-order valence-electron chi connectivity index (χ4n) is 2.83. The maximum absolute atomic E-state index is 11.3. The average molecular weight is 410 g/mol. The molecule has 0 spiro atoms. The highest BCUT2D eigenvalue weighted by atomic mass is 35.7. The van der Waals surface area contributed by atoms with Crippen molar-refractivity contribution in [2.24, 2.45) is 5.10 Å². The first-order chi connectivity index (χ1) is 12.7. The van der Waals surface area contributed by atoms with E-state index in [0.29, 0.717) is 16.3 Å². The Bertz CT molecular complexity index is 986. The second-order valence-corrected chi connectivity index (χ2v) is 6.77. The molecular formula is C17H13Cl2N3O5. The summed E-state index contributed by atoms with van der Waals surface area (Å²) in [5, 5.41) is 21.2. The number of hydrogen-bond donors (Lipinski definition) is 2. The van der Waals surface area contributed by atoms with Crippen molar-refractivity contribution in [3.63, 3.8) is 0 Å². The van der Waals surface area contributed by atoms with Crippen LogP contribution in [-0.4, -0.2) is 11.4 Å². The fourth-order valence-corrected chi connectivity index (χ4v) is 2.95. The first kappa shape index (κ1) is 19.5. The van der Waals surface area contributed by atoms with Crippen molar-refractivity contribution in [3.8, 4) is 0 Å². The van der Waals surface area contributed by atoms with Crippen LogP contribution in [-0.2, 0) is 5.72 Å². The molecule has 0 aliphatic carbocycles. The number of nitrogens with one attached hydrogen (secondary N) is 1. The minimum atomic E-state index is -4.94. The molecule has 1 atom stereocenters. The average Bonchev–Trinajstić information content (AvgIpc) is 2.60. The molecule has 1 aromatic heterocycles. The molecule has 2 N–H and O–H groups in total. The molecule has 1 aliphatic rings. The van der Waals surface area contributed by atoms with Crippen LogP contribution in [0.2, 0.25) is 5.02 Å². The van der Waals surface area contributed by atoms with Gasteiger partial charge in [0.15, 0.2) is 6.34 Å². The highest BCUT2D eigenvalue weighted by Gasteiger charge is 2.43. The number of aliphatic hydroxyl groups is 1. The molecule has 3 aromatic rings. The van der Waals surface area contributed by atoms with Gasteiger partial charge in [-0.05, 0) is 28.3 Å². The summed E-state index contributed by atoms with van der Waals surface area (Å²) < 4.78 is 35.7. The van der Waals surface area contributed by atoms with Gasteiger partial charge >= 0.3 is 0 Å². The number of benzene rings is 2. The van der Waals surface area contributed by atoms with Gasteiger partial charge in [0.1, 0.15) is 0 Å². The SMILES string of the molecule is OC1(c2ccc(Cl)cc2)NC=N[n+]2ccc3ccccc3c21.[O-][Cl+3]([O-])([O-])[O-]. The number of pyridine rings is 1. The summed E-state index contributed by atoms with van der Waals surface area (Å²) in [5.74, 6) is 0. The lowest BCUT2D eigenvalue weighted by molar-refractivity contribution is -2.00. The van der Waals surface area contributed by atoms with Crippen LogP contribution >= 0.6 is 11.6 Å². The van der Waals surface area contributed by atoms with Gasteiger partial charge in [-0.15, -0.1) is 10.2 Å². The molecule has 10 heteroatoms. The van der Waals surface area contributed by atoms with Gasteiger partial charge in [0, 0.05) is 21.8 Å². The first-order valence-electron chi connectivity index (χ1n) is 7.53. The molecule has 0 saturated carbocycles. The van der Waals surface area contributed by atoms with Gasteiger partial charge in [-0.1, -0.05) is 41.9 Å². The van der Waals surface area contributed by atoms with E-state index in [1.54, 1.807) is 28.9 Å². The minimum Gasteiger partial charge on any atom is -0.359 e. The van der Waals surface area contributed by atoms with Crippen LogP contribution in [0.15, 0.2) is 65.9 Å². The van der Waals surface area contributed by atoms with Gasteiger partial charge in [-0.2, -0.15) is 0 Å². The zero-order valence-electron chi connectivity index (χ0n) is 13.6. The number of rotatable bonds is 1. The number of fused-ring (bicyclic) bond motifs is 3. The van der Waals surface area contributed by atoms with E-state index in [4.69, 9.17) is 30.2 Å². The molecule has 4 rings (SSSR count). The van der Waals surface area contributed by atoms with Crippen LogP contribution in [0.25, 0.3) is 10.8 Å². The molecular weight excluding hydrogens is 397 g/mol. The van der Waals surface area contributed by atoms with Crippen molar-refractivity contribution in [2.75, 3.05) is 0 Å².